The molecule has 2 atom stereocenters. The van der Waals surface area contributed by atoms with Crippen LogP contribution >= 0.6 is 0 Å². The number of carbonyl (C=O) groups excluding carboxylic acids is 1. The molecule has 2 N–H and O–H groups in total. The van der Waals surface area contributed by atoms with Crippen LogP contribution in [-0.2, 0) is 11.0 Å². The lowest BCUT2D eigenvalue weighted by molar-refractivity contribution is -0.137. The second-order valence-electron chi connectivity index (χ2n) is 6.68. The van der Waals surface area contributed by atoms with Crippen molar-refractivity contribution in [2.45, 2.75) is 45.3 Å². The summed E-state index contributed by atoms with van der Waals surface area (Å²) in [5.74, 6) is 0.701. The Labute approximate surface area is 141 Å². The first-order valence-corrected chi connectivity index (χ1v) is 8.44. The maximum absolute atomic E-state index is 12.8. The molecule has 24 heavy (non-hydrogen) atoms. The molecular formula is C18H25F3N2O. The summed E-state index contributed by atoms with van der Waals surface area (Å²) < 4.78 is 38.3. The number of piperidine rings is 1. The van der Waals surface area contributed by atoms with E-state index in [1.54, 1.807) is 13.0 Å². The van der Waals surface area contributed by atoms with Crippen LogP contribution in [0.5, 0.6) is 0 Å². The Morgan fingerprint density at radius 2 is 1.96 bits per heavy atom. The van der Waals surface area contributed by atoms with Gasteiger partial charge in [0.2, 0.25) is 5.91 Å². The molecule has 1 heterocycles. The number of amides is 1. The summed E-state index contributed by atoms with van der Waals surface area (Å²) in [5, 5.41) is 6.12. The van der Waals surface area contributed by atoms with E-state index in [9.17, 15) is 18.0 Å². The second-order valence-corrected chi connectivity index (χ2v) is 6.68. The molecule has 6 heteroatoms. The number of rotatable bonds is 5. The van der Waals surface area contributed by atoms with Crippen molar-refractivity contribution in [3.63, 3.8) is 0 Å². The molecule has 134 valence electrons. The highest BCUT2D eigenvalue weighted by atomic mass is 19.4. The summed E-state index contributed by atoms with van der Waals surface area (Å²) in [4.78, 5) is 12.2. The fraction of sp³-hybridized carbons (Fsp3) is 0.611. The zero-order valence-electron chi connectivity index (χ0n) is 14.1. The second kappa shape index (κ2) is 8.01. The molecule has 0 bridgehead atoms. The van der Waals surface area contributed by atoms with Crippen LogP contribution in [0.4, 0.5) is 13.2 Å². The quantitative estimate of drug-likeness (QED) is 0.852. The molecular weight excluding hydrogens is 317 g/mol. The van der Waals surface area contributed by atoms with E-state index in [2.05, 4.69) is 17.6 Å². The molecule has 1 aliphatic rings. The number of nitrogens with one attached hydrogen (secondary N) is 2. The first-order chi connectivity index (χ1) is 11.3. The van der Waals surface area contributed by atoms with Crippen molar-refractivity contribution in [3.8, 4) is 0 Å². The fourth-order valence-electron chi connectivity index (χ4n) is 3.24. The number of hydrogen-bond acceptors (Lipinski definition) is 2. The molecule has 1 fully saturated rings. The molecule has 0 aromatic heterocycles. The number of halogens is 3. The summed E-state index contributed by atoms with van der Waals surface area (Å²) in [6.07, 6.45) is -1.83. The topological polar surface area (TPSA) is 41.1 Å². The Bertz CT molecular complexity index is 553. The highest BCUT2D eigenvalue weighted by Crippen LogP contribution is 2.31. The average Bonchev–Trinajstić information content (AvgIpc) is 2.54. The van der Waals surface area contributed by atoms with Gasteiger partial charge in [0.15, 0.2) is 0 Å². The van der Waals surface area contributed by atoms with Crippen LogP contribution in [0.15, 0.2) is 24.3 Å². The molecule has 1 amide bonds. The summed E-state index contributed by atoms with van der Waals surface area (Å²) >= 11 is 0. The molecule has 0 radical (unpaired) electrons. The first-order valence-electron chi connectivity index (χ1n) is 8.44. The highest BCUT2D eigenvalue weighted by Gasteiger charge is 2.31. The van der Waals surface area contributed by atoms with E-state index in [0.29, 0.717) is 17.9 Å². The summed E-state index contributed by atoms with van der Waals surface area (Å²) in [6.45, 7) is 5.75. The molecule has 0 aliphatic carbocycles. The number of benzene rings is 1. The molecule has 2 unspecified atom stereocenters. The molecule has 0 saturated carbocycles. The molecule has 0 spiro atoms. The number of carbonyl (C=O) groups is 1. The van der Waals surface area contributed by atoms with Crippen molar-refractivity contribution in [1.82, 2.24) is 10.6 Å². The van der Waals surface area contributed by atoms with Gasteiger partial charge in [-0.1, -0.05) is 19.1 Å². The van der Waals surface area contributed by atoms with E-state index in [-0.39, 0.29) is 11.8 Å². The van der Waals surface area contributed by atoms with E-state index in [4.69, 9.17) is 0 Å². The van der Waals surface area contributed by atoms with Gasteiger partial charge in [0.1, 0.15) is 0 Å². The van der Waals surface area contributed by atoms with Gasteiger partial charge in [0, 0.05) is 6.42 Å². The monoisotopic (exact) mass is 342 g/mol. The number of hydrogen-bond donors (Lipinski definition) is 2. The third-order valence-corrected chi connectivity index (χ3v) is 4.79. The largest absolute Gasteiger partial charge is 0.416 e. The molecule has 1 aliphatic heterocycles. The molecule has 1 saturated heterocycles. The minimum atomic E-state index is -4.37. The first kappa shape index (κ1) is 18.8. The van der Waals surface area contributed by atoms with E-state index >= 15 is 0 Å². The summed E-state index contributed by atoms with van der Waals surface area (Å²) in [6, 6.07) is 4.67. The normalized spacial score (nSPS) is 18.9. The maximum atomic E-state index is 12.8. The van der Waals surface area contributed by atoms with Crippen molar-refractivity contribution >= 4 is 5.91 Å². The lowest BCUT2D eigenvalue weighted by atomic mass is 9.84. The lowest BCUT2D eigenvalue weighted by Crippen LogP contribution is -2.34. The molecule has 2 rings (SSSR count). The summed E-state index contributed by atoms with van der Waals surface area (Å²) in [5.41, 5.74) is -0.225. The Morgan fingerprint density at radius 1 is 1.29 bits per heavy atom. The van der Waals surface area contributed by atoms with E-state index in [0.717, 1.165) is 38.1 Å². The van der Waals surface area contributed by atoms with Crippen LogP contribution in [-0.4, -0.2) is 19.0 Å². The van der Waals surface area contributed by atoms with Crippen LogP contribution in [0.2, 0.25) is 0 Å². The van der Waals surface area contributed by atoms with Gasteiger partial charge < -0.3 is 10.6 Å². The van der Waals surface area contributed by atoms with Crippen LogP contribution in [0.3, 0.4) is 0 Å². The SMILES string of the molecule is CC(NC(=O)CC(C)C1CCNCC1)c1cccc(C(F)(F)F)c1. The summed E-state index contributed by atoms with van der Waals surface area (Å²) in [7, 11) is 0. The van der Waals surface area contributed by atoms with Gasteiger partial charge in [-0.2, -0.15) is 13.2 Å². The predicted octanol–water partition coefficient (Wildman–Crippen LogP) is 3.91. The van der Waals surface area contributed by atoms with Gasteiger partial charge in [0.05, 0.1) is 11.6 Å². The minimum absolute atomic E-state index is 0.106. The third kappa shape index (κ3) is 5.23. The van der Waals surface area contributed by atoms with Gasteiger partial charge >= 0.3 is 6.18 Å². The van der Waals surface area contributed by atoms with Gasteiger partial charge in [-0.3, -0.25) is 4.79 Å². The van der Waals surface area contributed by atoms with E-state index in [1.807, 2.05) is 0 Å². The Morgan fingerprint density at radius 3 is 2.58 bits per heavy atom. The van der Waals surface area contributed by atoms with Crippen LogP contribution in [0.1, 0.15) is 50.3 Å². The Kier molecular flexibility index (Phi) is 6.27. The minimum Gasteiger partial charge on any atom is -0.350 e. The predicted molar refractivity (Wildman–Crippen MR) is 87.4 cm³/mol. The van der Waals surface area contributed by atoms with Crippen molar-refractivity contribution < 1.29 is 18.0 Å². The van der Waals surface area contributed by atoms with Crippen molar-refractivity contribution in [2.75, 3.05) is 13.1 Å². The molecule has 3 nitrogen and oxygen atoms in total. The van der Waals surface area contributed by atoms with E-state index < -0.39 is 17.8 Å². The fourth-order valence-corrected chi connectivity index (χ4v) is 3.24. The highest BCUT2D eigenvalue weighted by molar-refractivity contribution is 5.76. The van der Waals surface area contributed by atoms with Crippen molar-refractivity contribution in [2.24, 2.45) is 11.8 Å². The zero-order chi connectivity index (χ0) is 17.7. The van der Waals surface area contributed by atoms with Crippen LogP contribution < -0.4 is 10.6 Å². The molecule has 1 aromatic carbocycles. The van der Waals surface area contributed by atoms with Gasteiger partial charge in [-0.15, -0.1) is 0 Å². The maximum Gasteiger partial charge on any atom is 0.416 e. The van der Waals surface area contributed by atoms with Gasteiger partial charge in [0.25, 0.3) is 0 Å². The zero-order valence-corrected chi connectivity index (χ0v) is 14.1. The van der Waals surface area contributed by atoms with Crippen molar-refractivity contribution in [3.05, 3.63) is 35.4 Å². The third-order valence-electron chi connectivity index (χ3n) is 4.79. The Balaban J connectivity index is 1.91. The lowest BCUT2D eigenvalue weighted by Gasteiger charge is -2.28. The van der Waals surface area contributed by atoms with Crippen LogP contribution in [0, 0.1) is 11.8 Å². The number of alkyl halides is 3. The van der Waals surface area contributed by atoms with Crippen LogP contribution in [0.25, 0.3) is 0 Å². The van der Waals surface area contributed by atoms with Gasteiger partial charge in [-0.25, -0.2) is 0 Å². The molecule has 1 aromatic rings. The smallest absolute Gasteiger partial charge is 0.350 e. The standard InChI is InChI=1S/C18H25F3N2O/c1-12(14-6-8-22-9-7-14)10-17(24)23-13(2)15-4-3-5-16(11-15)18(19,20)21/h3-5,11-14,22H,6-10H2,1-2H3,(H,23,24). The Hall–Kier alpha value is -1.56. The van der Waals surface area contributed by atoms with E-state index in [1.165, 1.54) is 6.07 Å². The van der Waals surface area contributed by atoms with Gasteiger partial charge in [-0.05, 0) is 62.4 Å². The average molecular weight is 342 g/mol. The van der Waals surface area contributed by atoms with Crippen molar-refractivity contribution in [1.29, 1.82) is 0 Å².